The number of nitrogens with two attached hydrogens (primary N) is 1. The third-order valence-electron chi connectivity index (χ3n) is 3.01. The van der Waals surface area contributed by atoms with Gasteiger partial charge in [-0.3, -0.25) is 0 Å². The Morgan fingerprint density at radius 2 is 1.90 bits per heavy atom. The van der Waals surface area contributed by atoms with E-state index < -0.39 is 0 Å². The predicted octanol–water partition coefficient (Wildman–Crippen LogP) is 2.52. The first-order valence-electron chi connectivity index (χ1n) is 6.90. The fourth-order valence-corrected chi connectivity index (χ4v) is 2.04. The Morgan fingerprint density at radius 1 is 1.15 bits per heavy atom. The van der Waals surface area contributed by atoms with Gasteiger partial charge in [-0.05, 0) is 19.4 Å². The van der Waals surface area contributed by atoms with Crippen LogP contribution in [0.5, 0.6) is 0 Å². The highest BCUT2D eigenvalue weighted by Gasteiger charge is 2.09. The monoisotopic (exact) mass is 271 g/mol. The number of rotatable bonds is 6. The fourth-order valence-electron chi connectivity index (χ4n) is 2.04. The zero-order chi connectivity index (χ0) is 14.4. The van der Waals surface area contributed by atoms with Gasteiger partial charge in [0.05, 0.1) is 0 Å². The molecule has 2 aromatic rings. The molecule has 0 aliphatic heterocycles. The van der Waals surface area contributed by atoms with E-state index in [9.17, 15) is 0 Å². The predicted molar refractivity (Wildman–Crippen MR) is 83.8 cm³/mol. The molecule has 0 saturated carbocycles. The highest BCUT2D eigenvalue weighted by molar-refractivity contribution is 5.52. The van der Waals surface area contributed by atoms with E-state index in [0.717, 1.165) is 31.3 Å². The average molecular weight is 271 g/mol. The van der Waals surface area contributed by atoms with Crippen molar-refractivity contribution in [2.24, 2.45) is 0 Å². The number of nitrogens with one attached hydrogen (secondary N) is 1. The van der Waals surface area contributed by atoms with E-state index in [4.69, 9.17) is 5.73 Å². The fraction of sp³-hybridized carbons (Fsp3) is 0.333. The number of nitrogen functional groups attached to an aromatic ring is 1. The largest absolute Gasteiger partial charge is 0.370 e. The van der Waals surface area contributed by atoms with Crippen molar-refractivity contribution in [1.82, 2.24) is 9.97 Å². The van der Waals surface area contributed by atoms with Gasteiger partial charge in [0.25, 0.3) is 0 Å². The van der Waals surface area contributed by atoms with Gasteiger partial charge < -0.3 is 16.0 Å². The van der Waals surface area contributed by atoms with Crippen LogP contribution in [0.4, 0.5) is 17.6 Å². The van der Waals surface area contributed by atoms with Crippen molar-refractivity contribution in [1.29, 1.82) is 0 Å². The lowest BCUT2D eigenvalue weighted by Crippen LogP contribution is -2.24. The van der Waals surface area contributed by atoms with Crippen LogP contribution in [-0.2, 0) is 6.54 Å². The normalized spacial score (nSPS) is 10.3. The Hall–Kier alpha value is -2.30. The molecule has 0 unspecified atom stereocenters. The van der Waals surface area contributed by atoms with Crippen molar-refractivity contribution in [3.63, 3.8) is 0 Å². The quantitative estimate of drug-likeness (QED) is 0.845. The first kappa shape index (κ1) is 14.1. The molecule has 0 amide bonds. The van der Waals surface area contributed by atoms with Gasteiger partial charge in [-0.1, -0.05) is 30.3 Å². The summed E-state index contributed by atoms with van der Waals surface area (Å²) in [6, 6.07) is 12.3. The lowest BCUT2D eigenvalue weighted by Gasteiger charge is -2.22. The first-order chi connectivity index (χ1) is 9.72. The second kappa shape index (κ2) is 6.75. The molecule has 0 bridgehead atoms. The van der Waals surface area contributed by atoms with Crippen LogP contribution in [0.1, 0.15) is 19.4 Å². The second-order valence-electron chi connectivity index (χ2n) is 4.50. The summed E-state index contributed by atoms with van der Waals surface area (Å²) in [5, 5.41) is 3.17. The molecule has 5 nitrogen and oxygen atoms in total. The zero-order valence-electron chi connectivity index (χ0n) is 12.0. The van der Waals surface area contributed by atoms with Crippen molar-refractivity contribution in [3.05, 3.63) is 42.0 Å². The number of anilines is 3. The van der Waals surface area contributed by atoms with Gasteiger partial charge in [0.1, 0.15) is 11.6 Å². The summed E-state index contributed by atoms with van der Waals surface area (Å²) in [5.74, 6) is 1.91. The van der Waals surface area contributed by atoms with Crippen molar-refractivity contribution in [3.8, 4) is 0 Å². The minimum Gasteiger partial charge on any atom is -0.370 e. The maximum Gasteiger partial charge on any atom is 0.223 e. The SMILES string of the molecule is CCNc1cc(N(CC)Cc2ccccc2)nc(N)n1. The van der Waals surface area contributed by atoms with Crippen LogP contribution in [0, 0.1) is 0 Å². The van der Waals surface area contributed by atoms with Crippen molar-refractivity contribution < 1.29 is 0 Å². The Labute approximate surface area is 119 Å². The van der Waals surface area contributed by atoms with E-state index in [1.165, 1.54) is 5.56 Å². The third kappa shape index (κ3) is 3.60. The number of benzene rings is 1. The highest BCUT2D eigenvalue weighted by atomic mass is 15.2. The lowest BCUT2D eigenvalue weighted by atomic mass is 10.2. The van der Waals surface area contributed by atoms with Gasteiger partial charge in [-0.15, -0.1) is 0 Å². The topological polar surface area (TPSA) is 67.1 Å². The van der Waals surface area contributed by atoms with Crippen molar-refractivity contribution in [2.45, 2.75) is 20.4 Å². The second-order valence-corrected chi connectivity index (χ2v) is 4.50. The summed E-state index contributed by atoms with van der Waals surface area (Å²) < 4.78 is 0. The molecule has 1 heterocycles. The molecular formula is C15H21N5. The standard InChI is InChI=1S/C15H21N5/c1-3-17-13-10-14(19-15(16)18-13)20(4-2)11-12-8-6-5-7-9-12/h5-10H,3-4,11H2,1-2H3,(H3,16,17,18,19). The Balaban J connectivity index is 2.22. The molecule has 0 radical (unpaired) electrons. The van der Waals surface area contributed by atoms with Gasteiger partial charge in [0, 0.05) is 25.7 Å². The molecular weight excluding hydrogens is 250 g/mol. The minimum absolute atomic E-state index is 0.296. The molecule has 106 valence electrons. The molecule has 0 atom stereocenters. The summed E-state index contributed by atoms with van der Waals surface area (Å²) in [4.78, 5) is 10.7. The van der Waals surface area contributed by atoms with Crippen molar-refractivity contribution >= 4 is 17.6 Å². The van der Waals surface area contributed by atoms with Crippen LogP contribution in [-0.4, -0.2) is 23.1 Å². The van der Waals surface area contributed by atoms with E-state index in [1.54, 1.807) is 0 Å². The summed E-state index contributed by atoms with van der Waals surface area (Å²) >= 11 is 0. The number of hydrogen-bond acceptors (Lipinski definition) is 5. The van der Waals surface area contributed by atoms with Gasteiger partial charge in [0.15, 0.2) is 0 Å². The molecule has 0 spiro atoms. The molecule has 5 heteroatoms. The highest BCUT2D eigenvalue weighted by Crippen LogP contribution is 2.19. The molecule has 1 aromatic heterocycles. The van der Waals surface area contributed by atoms with E-state index in [-0.39, 0.29) is 0 Å². The first-order valence-corrected chi connectivity index (χ1v) is 6.90. The summed E-state index contributed by atoms with van der Waals surface area (Å²) in [6.07, 6.45) is 0. The van der Waals surface area contributed by atoms with Crippen molar-refractivity contribution in [2.75, 3.05) is 29.0 Å². The molecule has 0 aliphatic rings. The number of aromatic nitrogens is 2. The lowest BCUT2D eigenvalue weighted by molar-refractivity contribution is 0.812. The number of nitrogens with zero attached hydrogens (tertiary/aromatic N) is 3. The van der Waals surface area contributed by atoms with Crippen LogP contribution < -0.4 is 16.0 Å². The summed E-state index contributed by atoms with van der Waals surface area (Å²) in [6.45, 7) is 6.60. The third-order valence-corrected chi connectivity index (χ3v) is 3.01. The molecule has 0 saturated heterocycles. The molecule has 20 heavy (non-hydrogen) atoms. The van der Waals surface area contributed by atoms with Gasteiger partial charge in [0.2, 0.25) is 5.95 Å². The Kier molecular flexibility index (Phi) is 4.76. The van der Waals surface area contributed by atoms with E-state index >= 15 is 0 Å². The van der Waals surface area contributed by atoms with Gasteiger partial charge >= 0.3 is 0 Å². The van der Waals surface area contributed by atoms with Crippen LogP contribution in [0.3, 0.4) is 0 Å². The van der Waals surface area contributed by atoms with Crippen LogP contribution in [0.15, 0.2) is 36.4 Å². The average Bonchev–Trinajstić information content (AvgIpc) is 2.45. The number of hydrogen-bond donors (Lipinski definition) is 2. The summed E-state index contributed by atoms with van der Waals surface area (Å²) in [5.41, 5.74) is 7.03. The maximum atomic E-state index is 5.79. The van der Waals surface area contributed by atoms with Gasteiger partial charge in [-0.25, -0.2) is 0 Å². The minimum atomic E-state index is 0.296. The molecule has 1 aromatic carbocycles. The smallest absolute Gasteiger partial charge is 0.223 e. The molecule has 0 fully saturated rings. The Bertz CT molecular complexity index is 541. The zero-order valence-corrected chi connectivity index (χ0v) is 12.0. The van der Waals surface area contributed by atoms with Gasteiger partial charge in [-0.2, -0.15) is 9.97 Å². The molecule has 3 N–H and O–H groups in total. The van der Waals surface area contributed by atoms with Crippen LogP contribution in [0.2, 0.25) is 0 Å². The molecule has 0 aliphatic carbocycles. The Morgan fingerprint density at radius 3 is 2.55 bits per heavy atom. The molecule has 2 rings (SSSR count). The maximum absolute atomic E-state index is 5.79. The van der Waals surface area contributed by atoms with E-state index in [0.29, 0.717) is 5.95 Å². The van der Waals surface area contributed by atoms with E-state index in [2.05, 4.69) is 39.2 Å². The summed E-state index contributed by atoms with van der Waals surface area (Å²) in [7, 11) is 0. The van der Waals surface area contributed by atoms with Crippen LogP contribution >= 0.6 is 0 Å². The van der Waals surface area contributed by atoms with E-state index in [1.807, 2.05) is 31.2 Å². The van der Waals surface area contributed by atoms with Crippen LogP contribution in [0.25, 0.3) is 0 Å².